The molecule has 0 aliphatic heterocycles. The van der Waals surface area contributed by atoms with Crippen LogP contribution in [0.5, 0.6) is 0 Å². The second kappa shape index (κ2) is 4.36. The number of rotatable bonds is 3. The first-order chi connectivity index (χ1) is 8.36. The highest BCUT2D eigenvalue weighted by molar-refractivity contribution is 7.92. The molecule has 0 saturated heterocycles. The minimum absolute atomic E-state index is 0.440. The highest BCUT2D eigenvalue weighted by Gasteiger charge is 2.78. The summed E-state index contributed by atoms with van der Waals surface area (Å²) in [5.74, 6) is -6.72. The van der Waals surface area contributed by atoms with Gasteiger partial charge in [0.2, 0.25) is 0 Å². The Hall–Kier alpha value is -1.32. The lowest BCUT2D eigenvalue weighted by Gasteiger charge is -2.27. The Morgan fingerprint density at radius 1 is 0.947 bits per heavy atom. The van der Waals surface area contributed by atoms with E-state index in [-0.39, 0.29) is 0 Å². The first-order valence-corrected chi connectivity index (χ1v) is 5.87. The van der Waals surface area contributed by atoms with Gasteiger partial charge in [0, 0.05) is 6.07 Å². The topological polar surface area (TPSA) is 34.1 Å². The molecule has 1 aromatic rings. The average Bonchev–Trinajstić information content (AvgIpc) is 2.28. The Bertz CT molecular complexity index is 548. The summed E-state index contributed by atoms with van der Waals surface area (Å²) >= 11 is 0. The Balaban J connectivity index is 3.44. The minimum atomic E-state index is -6.72. The van der Waals surface area contributed by atoms with Crippen molar-refractivity contribution < 1.29 is 39.2 Å². The molecule has 0 spiro atoms. The Morgan fingerprint density at radius 3 is 1.84 bits per heavy atom. The SMILES string of the molecule is O=S(=O)(c1[c]cccc1)C(F)(F)C(F)(F)C(F)(F)F. The summed E-state index contributed by atoms with van der Waals surface area (Å²) < 4.78 is 109. The largest absolute Gasteiger partial charge is 0.461 e. The molecule has 19 heavy (non-hydrogen) atoms. The fourth-order valence-corrected chi connectivity index (χ4v) is 2.23. The molecule has 0 aromatic heterocycles. The van der Waals surface area contributed by atoms with E-state index in [0.717, 1.165) is 18.2 Å². The van der Waals surface area contributed by atoms with E-state index < -0.39 is 32.1 Å². The van der Waals surface area contributed by atoms with Crippen molar-refractivity contribution in [2.45, 2.75) is 22.2 Å². The van der Waals surface area contributed by atoms with Crippen molar-refractivity contribution in [2.75, 3.05) is 0 Å². The zero-order valence-corrected chi connectivity index (χ0v) is 9.50. The van der Waals surface area contributed by atoms with E-state index in [1.54, 1.807) is 6.07 Å². The lowest BCUT2D eigenvalue weighted by molar-refractivity contribution is -0.332. The van der Waals surface area contributed by atoms with E-state index in [0.29, 0.717) is 6.07 Å². The van der Waals surface area contributed by atoms with Gasteiger partial charge in [0.1, 0.15) is 0 Å². The average molecular weight is 309 g/mol. The molecule has 1 aromatic carbocycles. The van der Waals surface area contributed by atoms with Crippen LogP contribution in [0.25, 0.3) is 0 Å². The predicted molar refractivity (Wildman–Crippen MR) is 48.4 cm³/mol. The smallest absolute Gasteiger partial charge is 0.217 e. The van der Waals surface area contributed by atoms with Gasteiger partial charge in [-0.15, -0.1) is 0 Å². The van der Waals surface area contributed by atoms with E-state index in [4.69, 9.17) is 0 Å². The number of halogens is 7. The summed E-state index contributed by atoms with van der Waals surface area (Å²) in [6.07, 6.45) is -6.71. The number of hydrogen-bond acceptors (Lipinski definition) is 2. The van der Waals surface area contributed by atoms with Gasteiger partial charge in [0.05, 0.1) is 4.90 Å². The van der Waals surface area contributed by atoms with Crippen molar-refractivity contribution in [1.29, 1.82) is 0 Å². The molecule has 107 valence electrons. The van der Waals surface area contributed by atoms with E-state index in [1.165, 1.54) is 0 Å². The molecule has 0 atom stereocenters. The third-order valence-electron chi connectivity index (χ3n) is 2.03. The summed E-state index contributed by atoms with van der Waals surface area (Å²) in [6.45, 7) is 0. The molecule has 0 bridgehead atoms. The van der Waals surface area contributed by atoms with Crippen LogP contribution in [0.15, 0.2) is 29.2 Å². The van der Waals surface area contributed by atoms with E-state index in [2.05, 4.69) is 0 Å². The lowest BCUT2D eigenvalue weighted by Crippen LogP contribution is -2.55. The van der Waals surface area contributed by atoms with Crippen LogP contribution < -0.4 is 0 Å². The summed E-state index contributed by atoms with van der Waals surface area (Å²) in [5, 5.41) is -6.34. The van der Waals surface area contributed by atoms with E-state index in [9.17, 15) is 39.2 Å². The molecule has 0 aliphatic rings. The van der Waals surface area contributed by atoms with Crippen LogP contribution in [0.2, 0.25) is 0 Å². The van der Waals surface area contributed by atoms with Crippen molar-refractivity contribution in [3.63, 3.8) is 0 Å². The van der Waals surface area contributed by atoms with Crippen LogP contribution in [0, 0.1) is 6.07 Å². The van der Waals surface area contributed by atoms with E-state index >= 15 is 0 Å². The molecule has 0 saturated carbocycles. The van der Waals surface area contributed by atoms with Gasteiger partial charge in [-0.2, -0.15) is 30.7 Å². The maximum atomic E-state index is 13.1. The van der Waals surface area contributed by atoms with Gasteiger partial charge in [0.15, 0.2) is 0 Å². The first-order valence-electron chi connectivity index (χ1n) is 4.39. The molecular formula is C9H4F7O2S. The highest BCUT2D eigenvalue weighted by Crippen LogP contribution is 2.50. The van der Waals surface area contributed by atoms with Crippen molar-refractivity contribution in [3.05, 3.63) is 30.3 Å². The molecular weight excluding hydrogens is 305 g/mol. The van der Waals surface area contributed by atoms with Crippen molar-refractivity contribution in [1.82, 2.24) is 0 Å². The van der Waals surface area contributed by atoms with Gasteiger partial charge in [-0.05, 0) is 6.07 Å². The maximum Gasteiger partial charge on any atom is 0.461 e. The summed E-state index contributed by atoms with van der Waals surface area (Å²) in [6, 6.07) is 4.90. The van der Waals surface area contributed by atoms with Crippen LogP contribution in [-0.2, 0) is 9.84 Å². The molecule has 1 rings (SSSR count). The summed E-state index contributed by atoms with van der Waals surface area (Å²) in [4.78, 5) is -1.45. The van der Waals surface area contributed by atoms with Gasteiger partial charge in [-0.25, -0.2) is 8.42 Å². The predicted octanol–water partition coefficient (Wildman–Crippen LogP) is 3.05. The normalized spacial score (nSPS) is 14.5. The Kier molecular flexibility index (Phi) is 3.61. The maximum absolute atomic E-state index is 13.1. The number of alkyl halides is 7. The zero-order chi connectivity index (χ0) is 15.1. The van der Waals surface area contributed by atoms with Crippen molar-refractivity contribution in [2.24, 2.45) is 0 Å². The Labute approximate surface area is 102 Å². The highest BCUT2D eigenvalue weighted by atomic mass is 32.2. The van der Waals surface area contributed by atoms with Crippen LogP contribution in [0.4, 0.5) is 30.7 Å². The molecule has 10 heteroatoms. The number of hydrogen-bond donors (Lipinski definition) is 0. The molecule has 2 nitrogen and oxygen atoms in total. The number of sulfone groups is 1. The van der Waals surface area contributed by atoms with Gasteiger partial charge < -0.3 is 0 Å². The monoisotopic (exact) mass is 309 g/mol. The summed E-state index contributed by atoms with van der Waals surface area (Å²) in [5.41, 5.74) is 0. The van der Waals surface area contributed by atoms with Gasteiger partial charge in [0.25, 0.3) is 9.84 Å². The Morgan fingerprint density at radius 2 is 1.47 bits per heavy atom. The van der Waals surface area contributed by atoms with Gasteiger partial charge >= 0.3 is 17.4 Å². The first kappa shape index (κ1) is 15.7. The third kappa shape index (κ3) is 2.28. The van der Waals surface area contributed by atoms with Crippen LogP contribution in [-0.4, -0.2) is 25.8 Å². The quantitative estimate of drug-likeness (QED) is 0.804. The molecule has 0 fully saturated rings. The van der Waals surface area contributed by atoms with Crippen molar-refractivity contribution in [3.8, 4) is 0 Å². The second-order valence-corrected chi connectivity index (χ2v) is 5.28. The molecule has 0 aliphatic carbocycles. The standard InChI is InChI=1S/C9H4F7O2S/c10-7(11,8(12,13)14)9(15,16)19(17,18)6-4-2-1-3-5-6/h1-4H. The lowest BCUT2D eigenvalue weighted by atomic mass is 10.3. The van der Waals surface area contributed by atoms with Gasteiger partial charge in [-0.3, -0.25) is 0 Å². The number of benzene rings is 1. The molecule has 0 heterocycles. The van der Waals surface area contributed by atoms with E-state index in [1.807, 2.05) is 0 Å². The molecule has 1 radical (unpaired) electrons. The van der Waals surface area contributed by atoms with Crippen LogP contribution in [0.1, 0.15) is 0 Å². The van der Waals surface area contributed by atoms with Gasteiger partial charge in [-0.1, -0.05) is 18.2 Å². The molecule has 0 unspecified atom stereocenters. The van der Waals surface area contributed by atoms with Crippen molar-refractivity contribution >= 4 is 9.84 Å². The molecule has 0 N–H and O–H groups in total. The zero-order valence-electron chi connectivity index (χ0n) is 8.68. The third-order valence-corrected chi connectivity index (χ3v) is 3.79. The summed E-state index contributed by atoms with van der Waals surface area (Å²) in [7, 11) is -6.24. The fourth-order valence-electron chi connectivity index (χ4n) is 1.02. The fraction of sp³-hybridized carbons (Fsp3) is 0.333. The van der Waals surface area contributed by atoms with Crippen LogP contribution >= 0.6 is 0 Å². The van der Waals surface area contributed by atoms with Crippen LogP contribution in [0.3, 0.4) is 0 Å². The molecule has 0 amide bonds. The minimum Gasteiger partial charge on any atom is -0.217 e. The second-order valence-electron chi connectivity index (χ2n) is 3.32.